The van der Waals surface area contributed by atoms with E-state index in [0.29, 0.717) is 13.2 Å². The van der Waals surface area contributed by atoms with Gasteiger partial charge in [-0.3, -0.25) is 9.48 Å². The van der Waals surface area contributed by atoms with Crippen LogP contribution in [0.5, 0.6) is 0 Å². The lowest BCUT2D eigenvalue weighted by atomic mass is 10.1. The number of rotatable bonds is 5. The Bertz CT molecular complexity index is 719. The van der Waals surface area contributed by atoms with Crippen LogP contribution in [0, 0.1) is 18.8 Å². The van der Waals surface area contributed by atoms with E-state index < -0.39 is 0 Å². The van der Waals surface area contributed by atoms with Crippen LogP contribution in [0.15, 0.2) is 23.7 Å². The summed E-state index contributed by atoms with van der Waals surface area (Å²) < 4.78 is 7.94. The first kappa shape index (κ1) is 15.8. The minimum Gasteiger partial charge on any atom is -0.381 e. The zero-order valence-electron chi connectivity index (χ0n) is 14.0. The molecule has 0 aromatic carbocycles. The average molecular weight is 345 g/mol. The number of aryl methyl sites for hydroxylation is 1. The Balaban J connectivity index is 1.50. The van der Waals surface area contributed by atoms with E-state index in [1.807, 2.05) is 40.2 Å². The second-order valence-corrected chi connectivity index (χ2v) is 7.89. The molecule has 6 heteroatoms. The molecule has 1 aliphatic carbocycles. The molecule has 0 spiro atoms. The van der Waals surface area contributed by atoms with Crippen LogP contribution in [0.25, 0.3) is 0 Å². The molecule has 0 radical (unpaired) electrons. The Morgan fingerprint density at radius 3 is 2.88 bits per heavy atom. The zero-order valence-corrected chi connectivity index (χ0v) is 14.8. The lowest BCUT2D eigenvalue weighted by Gasteiger charge is -2.24. The van der Waals surface area contributed by atoms with E-state index in [2.05, 4.69) is 5.10 Å². The first-order valence-electron chi connectivity index (χ1n) is 8.62. The third-order valence-corrected chi connectivity index (χ3v) is 5.82. The fourth-order valence-corrected chi connectivity index (χ4v) is 4.11. The maximum Gasteiger partial charge on any atom is 0.264 e. The molecule has 0 bridgehead atoms. The normalized spacial score (nSPS) is 20.7. The number of hydrogen-bond donors (Lipinski definition) is 0. The van der Waals surface area contributed by atoms with Gasteiger partial charge in [0.05, 0.1) is 23.7 Å². The molecule has 2 aliphatic rings. The largest absolute Gasteiger partial charge is 0.381 e. The van der Waals surface area contributed by atoms with E-state index in [1.54, 1.807) is 0 Å². The van der Waals surface area contributed by atoms with Gasteiger partial charge >= 0.3 is 0 Å². The van der Waals surface area contributed by atoms with Gasteiger partial charge < -0.3 is 9.64 Å². The standard InChI is InChI=1S/C18H23N3O2S/c1-13-5-7-24-17(13)18(22)20-8-15(12-23-11-14-2-3-14)9-21-16(10-20)4-6-19-21/h4-7,14-15H,2-3,8-12H2,1H3. The molecule has 1 aliphatic heterocycles. The number of carbonyl (C=O) groups excluding carboxylic acids is 1. The number of hydrogen-bond acceptors (Lipinski definition) is 4. The summed E-state index contributed by atoms with van der Waals surface area (Å²) in [6.07, 6.45) is 4.42. The van der Waals surface area contributed by atoms with Crippen molar-refractivity contribution >= 4 is 17.2 Å². The van der Waals surface area contributed by atoms with E-state index >= 15 is 0 Å². The molecule has 2 aromatic heterocycles. The van der Waals surface area contributed by atoms with Crippen molar-refractivity contribution in [3.8, 4) is 0 Å². The topological polar surface area (TPSA) is 47.4 Å². The SMILES string of the molecule is Cc1ccsc1C(=O)N1Cc2ccnn2CC(COCC2CC2)C1. The summed E-state index contributed by atoms with van der Waals surface area (Å²) in [5, 5.41) is 6.41. The molecule has 1 amide bonds. The summed E-state index contributed by atoms with van der Waals surface area (Å²) in [6, 6.07) is 4.02. The number of ether oxygens (including phenoxy) is 1. The summed E-state index contributed by atoms with van der Waals surface area (Å²) in [6.45, 7) is 5.73. The van der Waals surface area contributed by atoms with Gasteiger partial charge in [0.2, 0.25) is 0 Å². The van der Waals surface area contributed by atoms with E-state index in [9.17, 15) is 4.79 Å². The van der Waals surface area contributed by atoms with Crippen molar-refractivity contribution in [2.75, 3.05) is 19.8 Å². The predicted octanol–water partition coefficient (Wildman–Crippen LogP) is 2.95. The molecule has 1 fully saturated rings. The van der Waals surface area contributed by atoms with Crippen molar-refractivity contribution in [2.45, 2.75) is 32.9 Å². The summed E-state index contributed by atoms with van der Waals surface area (Å²) in [5.41, 5.74) is 2.16. The molecule has 24 heavy (non-hydrogen) atoms. The van der Waals surface area contributed by atoms with Crippen molar-refractivity contribution in [3.63, 3.8) is 0 Å². The molecule has 1 atom stereocenters. The molecule has 128 valence electrons. The van der Waals surface area contributed by atoms with Crippen LogP contribution in [0.3, 0.4) is 0 Å². The van der Waals surface area contributed by atoms with Crippen LogP contribution in [0.4, 0.5) is 0 Å². The number of aromatic nitrogens is 2. The summed E-state index contributed by atoms with van der Waals surface area (Å²) in [5.74, 6) is 1.18. The van der Waals surface area contributed by atoms with Crippen LogP contribution in [0.1, 0.15) is 33.8 Å². The highest BCUT2D eigenvalue weighted by Crippen LogP contribution is 2.29. The van der Waals surface area contributed by atoms with E-state index in [1.165, 1.54) is 24.2 Å². The van der Waals surface area contributed by atoms with Gasteiger partial charge in [0.15, 0.2) is 0 Å². The van der Waals surface area contributed by atoms with Gasteiger partial charge in [0, 0.05) is 31.8 Å². The summed E-state index contributed by atoms with van der Waals surface area (Å²) >= 11 is 1.53. The maximum absolute atomic E-state index is 13.0. The van der Waals surface area contributed by atoms with Crippen molar-refractivity contribution in [1.29, 1.82) is 0 Å². The first-order chi connectivity index (χ1) is 11.7. The van der Waals surface area contributed by atoms with Crippen molar-refractivity contribution in [3.05, 3.63) is 39.8 Å². The van der Waals surface area contributed by atoms with Gasteiger partial charge in [-0.15, -0.1) is 11.3 Å². The van der Waals surface area contributed by atoms with Gasteiger partial charge in [-0.05, 0) is 48.8 Å². The fraction of sp³-hybridized carbons (Fsp3) is 0.556. The number of nitrogens with zero attached hydrogens (tertiary/aromatic N) is 3. The van der Waals surface area contributed by atoms with Crippen LogP contribution in [0.2, 0.25) is 0 Å². The highest BCUT2D eigenvalue weighted by molar-refractivity contribution is 7.12. The molecule has 1 unspecified atom stereocenters. The average Bonchev–Trinajstić information content (AvgIpc) is 3.19. The number of fused-ring (bicyclic) bond motifs is 1. The Labute approximate surface area is 146 Å². The molecule has 4 rings (SSSR count). The fourth-order valence-electron chi connectivity index (χ4n) is 3.21. The van der Waals surface area contributed by atoms with Crippen molar-refractivity contribution in [2.24, 2.45) is 11.8 Å². The van der Waals surface area contributed by atoms with Crippen LogP contribution in [-0.4, -0.2) is 40.3 Å². The van der Waals surface area contributed by atoms with E-state index in [0.717, 1.165) is 41.7 Å². The molecule has 1 saturated carbocycles. The highest BCUT2D eigenvalue weighted by atomic mass is 32.1. The lowest BCUT2D eigenvalue weighted by molar-refractivity contribution is 0.0571. The Morgan fingerprint density at radius 1 is 1.29 bits per heavy atom. The smallest absolute Gasteiger partial charge is 0.264 e. The number of amides is 1. The predicted molar refractivity (Wildman–Crippen MR) is 93.1 cm³/mol. The van der Waals surface area contributed by atoms with Crippen molar-refractivity contribution < 1.29 is 9.53 Å². The maximum atomic E-state index is 13.0. The molecular formula is C18H23N3O2S. The van der Waals surface area contributed by atoms with E-state index in [4.69, 9.17) is 4.74 Å². The molecular weight excluding hydrogens is 322 g/mol. The van der Waals surface area contributed by atoms with Crippen molar-refractivity contribution in [1.82, 2.24) is 14.7 Å². The zero-order chi connectivity index (χ0) is 16.5. The number of thiophene rings is 1. The second-order valence-electron chi connectivity index (χ2n) is 6.97. The lowest BCUT2D eigenvalue weighted by Crippen LogP contribution is -2.35. The summed E-state index contributed by atoms with van der Waals surface area (Å²) in [4.78, 5) is 15.8. The third kappa shape index (κ3) is 3.39. The minimum absolute atomic E-state index is 0.129. The minimum atomic E-state index is 0.129. The second kappa shape index (κ2) is 6.69. The summed E-state index contributed by atoms with van der Waals surface area (Å²) in [7, 11) is 0. The first-order valence-corrected chi connectivity index (χ1v) is 9.50. The Hall–Kier alpha value is -1.66. The third-order valence-electron chi connectivity index (χ3n) is 4.81. The monoisotopic (exact) mass is 345 g/mol. The van der Waals surface area contributed by atoms with Crippen LogP contribution < -0.4 is 0 Å². The molecule has 0 saturated heterocycles. The Morgan fingerprint density at radius 2 is 2.12 bits per heavy atom. The quantitative estimate of drug-likeness (QED) is 0.837. The van der Waals surface area contributed by atoms with Gasteiger partial charge in [-0.2, -0.15) is 5.10 Å². The van der Waals surface area contributed by atoms with Gasteiger partial charge in [-0.1, -0.05) is 0 Å². The highest BCUT2D eigenvalue weighted by Gasteiger charge is 2.28. The van der Waals surface area contributed by atoms with Gasteiger partial charge in [0.25, 0.3) is 5.91 Å². The van der Waals surface area contributed by atoms with Gasteiger partial charge in [-0.25, -0.2) is 0 Å². The number of carbonyl (C=O) groups is 1. The molecule has 2 aromatic rings. The molecule has 5 nitrogen and oxygen atoms in total. The molecule has 0 N–H and O–H groups in total. The van der Waals surface area contributed by atoms with Crippen LogP contribution in [-0.2, 0) is 17.8 Å². The van der Waals surface area contributed by atoms with Crippen LogP contribution >= 0.6 is 11.3 Å². The van der Waals surface area contributed by atoms with E-state index in [-0.39, 0.29) is 11.8 Å². The van der Waals surface area contributed by atoms with Gasteiger partial charge in [0.1, 0.15) is 0 Å². The molecule has 3 heterocycles. The Kier molecular flexibility index (Phi) is 4.41.